The van der Waals surface area contributed by atoms with Crippen molar-refractivity contribution in [1.82, 2.24) is 4.98 Å². The second-order valence-corrected chi connectivity index (χ2v) is 4.52. The molecule has 0 spiro atoms. The van der Waals surface area contributed by atoms with Crippen LogP contribution in [0.3, 0.4) is 0 Å². The average molecular weight is 257 g/mol. The van der Waals surface area contributed by atoms with E-state index in [1.165, 1.54) is 0 Å². The maximum Gasteiger partial charge on any atom is 0.127 e. The Morgan fingerprint density at radius 3 is 2.67 bits per heavy atom. The van der Waals surface area contributed by atoms with Gasteiger partial charge in [0.15, 0.2) is 0 Å². The summed E-state index contributed by atoms with van der Waals surface area (Å²) in [5.74, 6) is 0.503. The molecule has 18 heavy (non-hydrogen) atoms. The van der Waals surface area contributed by atoms with E-state index in [2.05, 4.69) is 22.6 Å². The number of hydrogen-bond donors (Lipinski definition) is 2. The highest BCUT2D eigenvalue weighted by Gasteiger charge is 2.07. The molecule has 0 saturated heterocycles. The van der Waals surface area contributed by atoms with Crippen LogP contribution in [0.25, 0.3) is 0 Å². The molecule has 1 heterocycles. The van der Waals surface area contributed by atoms with Gasteiger partial charge in [0, 0.05) is 22.9 Å². The van der Waals surface area contributed by atoms with E-state index in [1.54, 1.807) is 12.4 Å². The molecular weight excluding hydrogens is 242 g/mol. The van der Waals surface area contributed by atoms with Crippen LogP contribution in [0.15, 0.2) is 52.6 Å². The molecule has 92 valence electrons. The first-order valence-electron chi connectivity index (χ1n) is 5.66. The van der Waals surface area contributed by atoms with E-state index in [9.17, 15) is 0 Å². The highest BCUT2D eigenvalue weighted by molar-refractivity contribution is 7.80. The third-order valence-corrected chi connectivity index (χ3v) is 2.99. The number of aryl methyl sites for hydroxylation is 1. The number of rotatable bonds is 3. The van der Waals surface area contributed by atoms with E-state index >= 15 is 0 Å². The van der Waals surface area contributed by atoms with Gasteiger partial charge in [-0.05, 0) is 18.1 Å². The molecule has 0 aliphatic carbocycles. The van der Waals surface area contributed by atoms with Crippen LogP contribution in [-0.4, -0.2) is 10.8 Å². The molecule has 2 rings (SSSR count). The molecule has 0 amide bonds. The average Bonchev–Trinajstić information content (AvgIpc) is 2.37. The Balaban J connectivity index is 2.24. The van der Waals surface area contributed by atoms with E-state index in [-0.39, 0.29) is 0 Å². The minimum absolute atomic E-state index is 0.503. The van der Waals surface area contributed by atoms with Crippen LogP contribution >= 0.6 is 12.6 Å². The first-order valence-corrected chi connectivity index (χ1v) is 6.11. The van der Waals surface area contributed by atoms with Gasteiger partial charge in [-0.2, -0.15) is 0 Å². The first-order chi connectivity index (χ1) is 8.68. The number of aliphatic imine (C=N–C) groups is 1. The zero-order valence-electron chi connectivity index (χ0n) is 10.2. The van der Waals surface area contributed by atoms with Crippen LogP contribution < -0.4 is 5.73 Å². The monoisotopic (exact) mass is 257 g/mol. The SMILES string of the molecule is Cc1cncc(S)c1C(N)=NCc1ccccc1. The maximum absolute atomic E-state index is 6.02. The third-order valence-electron chi connectivity index (χ3n) is 2.65. The standard InChI is InChI=1S/C14H15N3S/c1-10-7-16-9-12(18)13(10)14(15)17-8-11-5-3-2-4-6-11/h2-7,9,18H,8H2,1H3,(H2,15,17). The summed E-state index contributed by atoms with van der Waals surface area (Å²) in [5, 5.41) is 0. The van der Waals surface area contributed by atoms with Crippen LogP contribution in [0.1, 0.15) is 16.7 Å². The zero-order valence-corrected chi connectivity index (χ0v) is 11.1. The minimum Gasteiger partial charge on any atom is -0.383 e. The van der Waals surface area contributed by atoms with Crippen molar-refractivity contribution in [3.8, 4) is 0 Å². The molecule has 0 aliphatic heterocycles. The maximum atomic E-state index is 6.02. The molecule has 0 atom stereocenters. The molecule has 0 saturated carbocycles. The Labute approximate surface area is 112 Å². The van der Waals surface area contributed by atoms with Gasteiger partial charge in [0.05, 0.1) is 6.54 Å². The summed E-state index contributed by atoms with van der Waals surface area (Å²) in [6.07, 6.45) is 3.44. The number of benzene rings is 1. The van der Waals surface area contributed by atoms with Crippen molar-refractivity contribution in [3.05, 3.63) is 59.4 Å². The fourth-order valence-electron chi connectivity index (χ4n) is 1.72. The van der Waals surface area contributed by atoms with Crippen molar-refractivity contribution in [1.29, 1.82) is 0 Å². The van der Waals surface area contributed by atoms with Crippen molar-refractivity contribution in [2.24, 2.45) is 10.7 Å². The van der Waals surface area contributed by atoms with Crippen LogP contribution in [-0.2, 0) is 6.54 Å². The quantitative estimate of drug-likeness (QED) is 0.504. The van der Waals surface area contributed by atoms with E-state index in [1.807, 2.05) is 37.3 Å². The zero-order chi connectivity index (χ0) is 13.0. The van der Waals surface area contributed by atoms with Crippen LogP contribution in [0.4, 0.5) is 0 Å². The lowest BCUT2D eigenvalue weighted by Crippen LogP contribution is -2.16. The van der Waals surface area contributed by atoms with Crippen molar-refractivity contribution in [2.45, 2.75) is 18.4 Å². The Hall–Kier alpha value is -1.81. The predicted octanol–water partition coefficient (Wildman–Crippen LogP) is 2.58. The molecule has 2 aromatic rings. The summed E-state index contributed by atoms with van der Waals surface area (Å²) < 4.78 is 0. The molecular formula is C14H15N3S. The third kappa shape index (κ3) is 2.90. The number of aromatic nitrogens is 1. The number of amidine groups is 1. The number of thiol groups is 1. The smallest absolute Gasteiger partial charge is 0.127 e. The van der Waals surface area contributed by atoms with Crippen molar-refractivity contribution < 1.29 is 0 Å². The summed E-state index contributed by atoms with van der Waals surface area (Å²) >= 11 is 4.36. The highest BCUT2D eigenvalue weighted by Crippen LogP contribution is 2.16. The van der Waals surface area contributed by atoms with Gasteiger partial charge in [-0.15, -0.1) is 12.6 Å². The van der Waals surface area contributed by atoms with Gasteiger partial charge >= 0.3 is 0 Å². The van der Waals surface area contributed by atoms with Gasteiger partial charge in [0.2, 0.25) is 0 Å². The van der Waals surface area contributed by atoms with Crippen LogP contribution in [0, 0.1) is 6.92 Å². The lowest BCUT2D eigenvalue weighted by Gasteiger charge is -2.07. The first kappa shape index (κ1) is 12.6. The summed E-state index contributed by atoms with van der Waals surface area (Å²) in [6, 6.07) is 10.0. The van der Waals surface area contributed by atoms with Crippen LogP contribution in [0.2, 0.25) is 0 Å². The van der Waals surface area contributed by atoms with Crippen molar-refractivity contribution in [3.63, 3.8) is 0 Å². The van der Waals surface area contributed by atoms with E-state index in [4.69, 9.17) is 5.73 Å². The Kier molecular flexibility index (Phi) is 3.99. The molecule has 2 N–H and O–H groups in total. The Bertz CT molecular complexity index is 544. The second-order valence-electron chi connectivity index (χ2n) is 4.04. The topological polar surface area (TPSA) is 51.3 Å². The molecule has 0 fully saturated rings. The highest BCUT2D eigenvalue weighted by atomic mass is 32.1. The fraction of sp³-hybridized carbons (Fsp3) is 0.143. The molecule has 3 nitrogen and oxygen atoms in total. The van der Waals surface area contributed by atoms with Gasteiger partial charge < -0.3 is 5.73 Å². The summed E-state index contributed by atoms with van der Waals surface area (Å²) in [4.78, 5) is 9.22. The van der Waals surface area contributed by atoms with Gasteiger partial charge in [-0.3, -0.25) is 9.98 Å². The molecule has 0 radical (unpaired) electrons. The normalized spacial score (nSPS) is 11.6. The van der Waals surface area contributed by atoms with Gasteiger partial charge in [-0.25, -0.2) is 0 Å². The van der Waals surface area contributed by atoms with Gasteiger partial charge in [0.1, 0.15) is 5.84 Å². The van der Waals surface area contributed by atoms with E-state index < -0.39 is 0 Å². The fourth-order valence-corrected chi connectivity index (χ4v) is 2.08. The van der Waals surface area contributed by atoms with Crippen molar-refractivity contribution in [2.75, 3.05) is 0 Å². The molecule has 1 aromatic heterocycles. The van der Waals surface area contributed by atoms with Gasteiger partial charge in [-0.1, -0.05) is 30.3 Å². The molecule has 0 aliphatic rings. The number of pyridine rings is 1. The largest absolute Gasteiger partial charge is 0.383 e. The molecule has 0 bridgehead atoms. The summed E-state index contributed by atoms with van der Waals surface area (Å²) in [7, 11) is 0. The Morgan fingerprint density at radius 2 is 2.00 bits per heavy atom. The lowest BCUT2D eigenvalue weighted by atomic mass is 10.1. The summed E-state index contributed by atoms with van der Waals surface area (Å²) in [6.45, 7) is 2.52. The van der Waals surface area contributed by atoms with Crippen LogP contribution in [0.5, 0.6) is 0 Å². The minimum atomic E-state index is 0.503. The van der Waals surface area contributed by atoms with E-state index in [0.29, 0.717) is 12.4 Å². The number of nitrogens with two attached hydrogens (primary N) is 1. The predicted molar refractivity (Wildman–Crippen MR) is 77.1 cm³/mol. The molecule has 0 unspecified atom stereocenters. The van der Waals surface area contributed by atoms with Gasteiger partial charge in [0.25, 0.3) is 0 Å². The summed E-state index contributed by atoms with van der Waals surface area (Å²) in [5.41, 5.74) is 9.00. The molecule has 1 aromatic carbocycles. The number of hydrogen-bond acceptors (Lipinski definition) is 3. The molecule has 4 heteroatoms. The second kappa shape index (κ2) is 5.69. The number of nitrogens with zero attached hydrogens (tertiary/aromatic N) is 2. The van der Waals surface area contributed by atoms with E-state index in [0.717, 1.165) is 21.6 Å². The Morgan fingerprint density at radius 1 is 1.28 bits per heavy atom. The lowest BCUT2D eigenvalue weighted by molar-refractivity contribution is 1.05. The van der Waals surface area contributed by atoms with Crippen molar-refractivity contribution >= 4 is 18.5 Å².